The van der Waals surface area contributed by atoms with Gasteiger partial charge in [0.15, 0.2) is 5.78 Å². The van der Waals surface area contributed by atoms with Gasteiger partial charge in [-0.05, 0) is 43.7 Å². The number of anilines is 1. The maximum Gasteiger partial charge on any atom is 0.273 e. The lowest BCUT2D eigenvalue weighted by Gasteiger charge is -2.25. The number of benzene rings is 2. The molecule has 0 aliphatic rings. The molecule has 0 fully saturated rings. The fraction of sp³-hybridized carbons (Fsp3) is 0.333. The highest BCUT2D eigenvalue weighted by Crippen LogP contribution is 2.25. The SMILES string of the molecule is Cc1ccc(OC(C(=O)Nc2cc(C)ccc2Cl)C(=O)C(C)(C)C)cc1. The van der Waals surface area contributed by atoms with Crippen molar-refractivity contribution in [2.75, 3.05) is 5.32 Å². The van der Waals surface area contributed by atoms with Crippen LogP contribution >= 0.6 is 11.6 Å². The number of halogens is 1. The number of aryl methyl sites for hydroxylation is 2. The van der Waals surface area contributed by atoms with E-state index < -0.39 is 17.4 Å². The summed E-state index contributed by atoms with van der Waals surface area (Å²) in [4.78, 5) is 25.6. The minimum atomic E-state index is -1.27. The van der Waals surface area contributed by atoms with Gasteiger partial charge in [0.2, 0.25) is 6.10 Å². The molecule has 0 spiro atoms. The van der Waals surface area contributed by atoms with E-state index in [1.54, 1.807) is 45.0 Å². The minimum absolute atomic E-state index is 0.306. The van der Waals surface area contributed by atoms with Crippen LogP contribution in [0.4, 0.5) is 5.69 Å². The Balaban J connectivity index is 2.30. The van der Waals surface area contributed by atoms with E-state index in [1.165, 1.54) is 0 Å². The smallest absolute Gasteiger partial charge is 0.273 e. The summed E-state index contributed by atoms with van der Waals surface area (Å²) in [5.41, 5.74) is 1.73. The molecule has 1 N–H and O–H groups in total. The Hall–Kier alpha value is -2.33. The minimum Gasteiger partial charge on any atom is -0.473 e. The number of rotatable bonds is 5. The Morgan fingerprint density at radius 2 is 1.58 bits per heavy atom. The molecule has 1 atom stereocenters. The molecule has 2 aromatic carbocycles. The van der Waals surface area contributed by atoms with E-state index in [9.17, 15) is 9.59 Å². The second-order valence-corrected chi connectivity index (χ2v) is 7.80. The van der Waals surface area contributed by atoms with E-state index in [4.69, 9.17) is 16.3 Å². The van der Waals surface area contributed by atoms with E-state index in [0.717, 1.165) is 11.1 Å². The molecule has 0 saturated heterocycles. The van der Waals surface area contributed by atoms with Gasteiger partial charge in [0, 0.05) is 5.41 Å². The Morgan fingerprint density at radius 1 is 1.00 bits per heavy atom. The molecule has 0 heterocycles. The average Bonchev–Trinajstić information content (AvgIpc) is 2.56. The van der Waals surface area contributed by atoms with Crippen molar-refractivity contribution in [2.45, 2.75) is 40.7 Å². The maximum atomic E-state index is 12.8. The van der Waals surface area contributed by atoms with E-state index in [-0.39, 0.29) is 5.78 Å². The van der Waals surface area contributed by atoms with Crippen molar-refractivity contribution in [1.82, 2.24) is 0 Å². The number of ether oxygens (including phenoxy) is 1. The van der Waals surface area contributed by atoms with Crippen LogP contribution in [0.1, 0.15) is 31.9 Å². The van der Waals surface area contributed by atoms with Crippen LogP contribution in [-0.4, -0.2) is 17.8 Å². The van der Waals surface area contributed by atoms with Gasteiger partial charge in [-0.25, -0.2) is 0 Å². The summed E-state index contributed by atoms with van der Waals surface area (Å²) < 4.78 is 5.76. The lowest BCUT2D eigenvalue weighted by Crippen LogP contribution is -2.45. The molecule has 4 nitrogen and oxygen atoms in total. The zero-order chi connectivity index (χ0) is 19.5. The molecule has 0 bridgehead atoms. The van der Waals surface area contributed by atoms with Crippen molar-refractivity contribution in [3.63, 3.8) is 0 Å². The number of nitrogens with one attached hydrogen (secondary N) is 1. The molecule has 0 aliphatic carbocycles. The third-order valence-corrected chi connectivity index (χ3v) is 4.20. The van der Waals surface area contributed by atoms with Crippen LogP contribution in [0.25, 0.3) is 0 Å². The Kier molecular flexibility index (Phi) is 6.09. The standard InChI is InChI=1S/C21H24ClNO3/c1-13-6-9-15(10-7-13)26-18(19(24)21(3,4)5)20(25)23-17-12-14(2)8-11-16(17)22/h6-12,18H,1-5H3,(H,23,25). The van der Waals surface area contributed by atoms with E-state index in [0.29, 0.717) is 16.5 Å². The lowest BCUT2D eigenvalue weighted by molar-refractivity contribution is -0.140. The summed E-state index contributed by atoms with van der Waals surface area (Å²) in [6.45, 7) is 9.12. The fourth-order valence-electron chi connectivity index (χ4n) is 2.31. The van der Waals surface area contributed by atoms with Crippen molar-refractivity contribution in [3.8, 4) is 5.75 Å². The molecule has 5 heteroatoms. The van der Waals surface area contributed by atoms with Gasteiger partial charge in [-0.3, -0.25) is 9.59 Å². The molecule has 2 aromatic rings. The molecule has 26 heavy (non-hydrogen) atoms. The quantitative estimate of drug-likeness (QED) is 0.754. The van der Waals surface area contributed by atoms with E-state index >= 15 is 0 Å². The molecular weight excluding hydrogens is 350 g/mol. The fourth-order valence-corrected chi connectivity index (χ4v) is 2.47. The number of Topliss-reactive ketones (excluding diaryl/α,β-unsaturated/α-hetero) is 1. The second-order valence-electron chi connectivity index (χ2n) is 7.40. The van der Waals surface area contributed by atoms with Crippen LogP contribution in [0.2, 0.25) is 5.02 Å². The first-order valence-electron chi connectivity index (χ1n) is 8.42. The predicted molar refractivity (Wildman–Crippen MR) is 105 cm³/mol. The van der Waals surface area contributed by atoms with Gasteiger partial charge < -0.3 is 10.1 Å². The lowest BCUT2D eigenvalue weighted by atomic mass is 9.87. The Labute approximate surface area is 159 Å². The number of carbonyl (C=O) groups is 2. The van der Waals surface area contributed by atoms with Crippen LogP contribution in [0.3, 0.4) is 0 Å². The highest BCUT2D eigenvalue weighted by atomic mass is 35.5. The monoisotopic (exact) mass is 373 g/mol. The highest BCUT2D eigenvalue weighted by molar-refractivity contribution is 6.34. The molecule has 2 rings (SSSR count). The largest absolute Gasteiger partial charge is 0.473 e. The van der Waals surface area contributed by atoms with Gasteiger partial charge in [-0.15, -0.1) is 0 Å². The normalized spacial score (nSPS) is 12.4. The van der Waals surface area contributed by atoms with Crippen LogP contribution in [0, 0.1) is 19.3 Å². The van der Waals surface area contributed by atoms with Crippen LogP contribution in [0.5, 0.6) is 5.75 Å². The molecule has 0 radical (unpaired) electrons. The zero-order valence-electron chi connectivity index (χ0n) is 15.7. The Morgan fingerprint density at radius 3 is 2.15 bits per heavy atom. The van der Waals surface area contributed by atoms with Crippen molar-refractivity contribution in [3.05, 3.63) is 58.6 Å². The maximum absolute atomic E-state index is 12.8. The summed E-state index contributed by atoms with van der Waals surface area (Å²) in [5.74, 6) is -0.388. The second kappa shape index (κ2) is 7.92. The van der Waals surface area contributed by atoms with Crippen molar-refractivity contribution in [1.29, 1.82) is 0 Å². The van der Waals surface area contributed by atoms with Gasteiger partial charge in [0.1, 0.15) is 5.75 Å². The first kappa shape index (κ1) is 20.0. The molecule has 0 aliphatic heterocycles. The van der Waals surface area contributed by atoms with Crippen molar-refractivity contribution < 1.29 is 14.3 Å². The average molecular weight is 374 g/mol. The van der Waals surface area contributed by atoms with Gasteiger partial charge in [0.25, 0.3) is 5.91 Å². The summed E-state index contributed by atoms with van der Waals surface area (Å²) in [7, 11) is 0. The highest BCUT2D eigenvalue weighted by Gasteiger charge is 2.36. The summed E-state index contributed by atoms with van der Waals surface area (Å²) >= 11 is 6.15. The Bertz CT molecular complexity index is 807. The summed E-state index contributed by atoms with van der Waals surface area (Å²) in [5, 5.41) is 3.12. The third-order valence-electron chi connectivity index (χ3n) is 3.87. The number of carbonyl (C=O) groups excluding carboxylic acids is 2. The third kappa shape index (κ3) is 5.09. The van der Waals surface area contributed by atoms with Crippen LogP contribution < -0.4 is 10.1 Å². The van der Waals surface area contributed by atoms with E-state index in [1.807, 2.05) is 32.0 Å². The molecule has 1 unspecified atom stereocenters. The van der Waals surface area contributed by atoms with E-state index in [2.05, 4.69) is 5.32 Å². The number of hydrogen-bond acceptors (Lipinski definition) is 3. The first-order chi connectivity index (χ1) is 12.1. The predicted octanol–water partition coefficient (Wildman–Crippen LogP) is 4.96. The van der Waals surface area contributed by atoms with Crippen molar-refractivity contribution in [2.24, 2.45) is 5.41 Å². The number of hydrogen-bond donors (Lipinski definition) is 1. The van der Waals surface area contributed by atoms with Crippen molar-refractivity contribution >= 4 is 29.0 Å². The van der Waals surface area contributed by atoms with Crippen LogP contribution in [-0.2, 0) is 9.59 Å². The molecule has 138 valence electrons. The topological polar surface area (TPSA) is 55.4 Å². The molecule has 0 aromatic heterocycles. The molecular formula is C21H24ClNO3. The van der Waals surface area contributed by atoms with Gasteiger partial charge in [-0.1, -0.05) is 56.1 Å². The van der Waals surface area contributed by atoms with Gasteiger partial charge in [0.05, 0.1) is 10.7 Å². The summed E-state index contributed by atoms with van der Waals surface area (Å²) in [6.07, 6.45) is -1.27. The van der Waals surface area contributed by atoms with Crippen LogP contribution in [0.15, 0.2) is 42.5 Å². The number of amides is 1. The molecule has 1 amide bonds. The zero-order valence-corrected chi connectivity index (χ0v) is 16.5. The summed E-state index contributed by atoms with van der Waals surface area (Å²) in [6, 6.07) is 12.5. The van der Waals surface area contributed by atoms with Gasteiger partial charge in [-0.2, -0.15) is 0 Å². The number of ketones is 1. The molecule has 0 saturated carbocycles. The first-order valence-corrected chi connectivity index (χ1v) is 8.80. The van der Waals surface area contributed by atoms with Gasteiger partial charge >= 0.3 is 0 Å².